The first kappa shape index (κ1) is 28.8. The Kier molecular flexibility index (Phi) is 10.5. The molecule has 0 saturated carbocycles. The zero-order chi connectivity index (χ0) is 27.6. The second-order valence-corrected chi connectivity index (χ2v) is 10.1. The molecule has 2 aliphatic rings. The van der Waals surface area contributed by atoms with Gasteiger partial charge in [0.25, 0.3) is 0 Å². The summed E-state index contributed by atoms with van der Waals surface area (Å²) < 4.78 is 16.7. The van der Waals surface area contributed by atoms with Crippen molar-refractivity contribution in [2.45, 2.75) is 16.5 Å². The molecule has 0 aliphatic carbocycles. The molecule has 2 N–H and O–H groups in total. The van der Waals surface area contributed by atoms with Crippen LogP contribution < -0.4 is 25.0 Å². The number of amides is 1. The van der Waals surface area contributed by atoms with E-state index >= 15 is 0 Å². The summed E-state index contributed by atoms with van der Waals surface area (Å²) >= 11 is 1.21. The van der Waals surface area contributed by atoms with Crippen LogP contribution in [-0.4, -0.2) is 122 Å². The van der Waals surface area contributed by atoms with E-state index in [1.165, 1.54) is 17.8 Å². The molecule has 0 aromatic carbocycles. The third kappa shape index (κ3) is 8.14. The van der Waals surface area contributed by atoms with Crippen LogP contribution in [0.15, 0.2) is 28.8 Å². The molecule has 0 bridgehead atoms. The molecule has 2 aromatic heterocycles. The van der Waals surface area contributed by atoms with E-state index in [0.29, 0.717) is 45.9 Å². The van der Waals surface area contributed by atoms with Crippen molar-refractivity contribution in [2.75, 3.05) is 102 Å². The number of nitrogens with zero attached hydrogens (tertiary/aromatic N) is 7. The molecule has 4 rings (SSSR count). The summed E-state index contributed by atoms with van der Waals surface area (Å²) in [7, 11) is 5.21. The molecule has 0 atom stereocenters. The Morgan fingerprint density at radius 1 is 1.05 bits per heavy atom. The van der Waals surface area contributed by atoms with Crippen molar-refractivity contribution in [3.63, 3.8) is 0 Å². The first-order valence-electron chi connectivity index (χ1n) is 13.0. The van der Waals surface area contributed by atoms with Crippen molar-refractivity contribution < 1.29 is 19.0 Å². The fourth-order valence-corrected chi connectivity index (χ4v) is 5.05. The van der Waals surface area contributed by atoms with Gasteiger partial charge >= 0.3 is 0 Å². The van der Waals surface area contributed by atoms with Crippen LogP contribution in [0.1, 0.15) is 6.42 Å². The van der Waals surface area contributed by atoms with Crippen LogP contribution in [0.3, 0.4) is 0 Å². The third-order valence-electron chi connectivity index (χ3n) is 6.36. The molecule has 2 saturated heterocycles. The number of carbonyl (C=O) groups excluding carboxylic acids is 1. The van der Waals surface area contributed by atoms with Gasteiger partial charge in [0, 0.05) is 51.9 Å². The first-order chi connectivity index (χ1) is 19.0. The minimum Gasteiger partial charge on any atom is -0.480 e. The fraction of sp³-hybridized carbons (Fsp3) is 0.560. The average molecular weight is 560 g/mol. The van der Waals surface area contributed by atoms with E-state index in [-0.39, 0.29) is 5.91 Å². The van der Waals surface area contributed by atoms with E-state index in [0.717, 1.165) is 65.4 Å². The Labute approximate surface area is 233 Å². The van der Waals surface area contributed by atoms with Crippen LogP contribution in [0.4, 0.5) is 17.6 Å². The predicted molar refractivity (Wildman–Crippen MR) is 150 cm³/mol. The van der Waals surface area contributed by atoms with E-state index in [1.807, 2.05) is 0 Å². The van der Waals surface area contributed by atoms with Crippen LogP contribution in [-0.2, 0) is 9.53 Å². The number of ether oxygens (including phenoxy) is 3. The van der Waals surface area contributed by atoms with Gasteiger partial charge < -0.3 is 34.6 Å². The van der Waals surface area contributed by atoms with Crippen LogP contribution >= 0.6 is 11.8 Å². The van der Waals surface area contributed by atoms with Crippen LogP contribution in [0.5, 0.6) is 11.8 Å². The molecule has 2 fully saturated rings. The fourth-order valence-electron chi connectivity index (χ4n) is 4.15. The van der Waals surface area contributed by atoms with Gasteiger partial charge in [-0.1, -0.05) is 6.58 Å². The summed E-state index contributed by atoms with van der Waals surface area (Å²) in [5, 5.41) is 6.45. The highest BCUT2D eigenvalue weighted by atomic mass is 32.2. The van der Waals surface area contributed by atoms with Gasteiger partial charge in [0.1, 0.15) is 16.5 Å². The van der Waals surface area contributed by atoms with Crippen molar-refractivity contribution in [3.05, 3.63) is 18.7 Å². The average Bonchev–Trinajstić information content (AvgIpc) is 2.96. The maximum atomic E-state index is 12.0. The zero-order valence-electron chi connectivity index (χ0n) is 22.8. The largest absolute Gasteiger partial charge is 0.480 e. The van der Waals surface area contributed by atoms with Gasteiger partial charge in [-0.25, -0.2) is 9.97 Å². The number of hydrogen-bond acceptors (Lipinski definition) is 13. The molecule has 14 heteroatoms. The summed E-state index contributed by atoms with van der Waals surface area (Å²) in [6.45, 7) is 12.1. The molecule has 2 aromatic rings. The number of likely N-dealkylation sites (N-methyl/N-ethyl adjacent to an activating group) is 1. The Morgan fingerprint density at radius 3 is 2.36 bits per heavy atom. The van der Waals surface area contributed by atoms with Gasteiger partial charge in [0.2, 0.25) is 23.6 Å². The molecule has 2 aliphatic heterocycles. The first-order valence-corrected chi connectivity index (χ1v) is 13.8. The lowest BCUT2D eigenvalue weighted by Gasteiger charge is -2.32. The van der Waals surface area contributed by atoms with Crippen molar-refractivity contribution in [1.29, 1.82) is 0 Å². The Hall–Kier alpha value is -3.20. The summed E-state index contributed by atoms with van der Waals surface area (Å²) in [6.07, 6.45) is 2.13. The molecular weight excluding hydrogens is 522 g/mol. The number of morpholine rings is 1. The minimum atomic E-state index is -0.363. The van der Waals surface area contributed by atoms with E-state index < -0.39 is 0 Å². The van der Waals surface area contributed by atoms with Gasteiger partial charge in [0.05, 0.1) is 27.4 Å². The van der Waals surface area contributed by atoms with E-state index in [4.69, 9.17) is 14.2 Å². The summed E-state index contributed by atoms with van der Waals surface area (Å²) in [6, 6.07) is 1.70. The topological polar surface area (TPSA) is 130 Å². The number of nitrogens with one attached hydrogen (secondary N) is 2. The van der Waals surface area contributed by atoms with Crippen molar-refractivity contribution in [2.24, 2.45) is 0 Å². The molecule has 13 nitrogen and oxygen atoms in total. The molecule has 0 unspecified atom stereocenters. The number of anilines is 3. The lowest BCUT2D eigenvalue weighted by molar-refractivity contribution is -0.111. The van der Waals surface area contributed by atoms with Gasteiger partial charge in [-0.3, -0.25) is 9.69 Å². The van der Waals surface area contributed by atoms with Crippen molar-refractivity contribution >= 4 is 35.3 Å². The highest BCUT2D eigenvalue weighted by Crippen LogP contribution is 2.40. The van der Waals surface area contributed by atoms with Gasteiger partial charge in [-0.15, -0.1) is 0 Å². The molecule has 212 valence electrons. The van der Waals surface area contributed by atoms with Crippen LogP contribution in [0.2, 0.25) is 0 Å². The normalized spacial score (nSPS) is 16.5. The highest BCUT2D eigenvalue weighted by Gasteiger charge is 2.24. The summed E-state index contributed by atoms with van der Waals surface area (Å²) in [4.78, 5) is 37.8. The molecular formula is C25H37N9O4S. The number of hydrogen-bond donors (Lipinski definition) is 2. The Balaban J connectivity index is 1.52. The number of rotatable bonds is 12. The van der Waals surface area contributed by atoms with E-state index in [2.05, 4.69) is 58.9 Å². The lowest BCUT2D eigenvalue weighted by Crippen LogP contribution is -2.45. The predicted octanol–water partition coefficient (Wildman–Crippen LogP) is 1.45. The standard InChI is InChI=1S/C25H37N9O4S/c1-5-20(35)27-19-17-18(26-7-6-8-33-13-15-38-16-14-33)28-25(29-19)39-21-22(36-3)30-24(31-23(21)37-4)34-11-9-32(2)10-12-34/h5,17H,1,6-16H2,2-4H3,(H2,26,27,28,29,35). The Morgan fingerprint density at radius 2 is 1.72 bits per heavy atom. The van der Waals surface area contributed by atoms with E-state index in [1.54, 1.807) is 20.3 Å². The maximum absolute atomic E-state index is 12.0. The minimum absolute atomic E-state index is 0.348. The number of aromatic nitrogens is 4. The second-order valence-electron chi connectivity index (χ2n) is 9.11. The second kappa shape index (κ2) is 14.3. The van der Waals surface area contributed by atoms with Gasteiger partial charge in [0.15, 0.2) is 5.16 Å². The molecule has 1 amide bonds. The van der Waals surface area contributed by atoms with Gasteiger partial charge in [-0.05, 0) is 37.9 Å². The monoisotopic (exact) mass is 559 g/mol. The molecule has 39 heavy (non-hydrogen) atoms. The quantitative estimate of drug-likeness (QED) is 0.221. The summed E-state index contributed by atoms with van der Waals surface area (Å²) in [5.41, 5.74) is 0. The SMILES string of the molecule is C=CC(=O)Nc1cc(NCCCN2CCOCC2)nc(Sc2c(OC)nc(N3CCN(C)CC3)nc2OC)n1. The third-order valence-corrected chi connectivity index (χ3v) is 7.28. The van der Waals surface area contributed by atoms with Crippen molar-refractivity contribution in [3.8, 4) is 11.8 Å². The number of piperazine rings is 1. The summed E-state index contributed by atoms with van der Waals surface area (Å²) in [5.74, 6) is 1.85. The number of methoxy groups -OCH3 is 2. The molecule has 0 spiro atoms. The van der Waals surface area contributed by atoms with Gasteiger partial charge in [-0.2, -0.15) is 9.97 Å². The van der Waals surface area contributed by atoms with Crippen molar-refractivity contribution in [1.82, 2.24) is 29.7 Å². The van der Waals surface area contributed by atoms with Crippen LogP contribution in [0, 0.1) is 0 Å². The van der Waals surface area contributed by atoms with E-state index in [9.17, 15) is 4.79 Å². The lowest BCUT2D eigenvalue weighted by atomic mass is 10.3. The number of carbonyl (C=O) groups is 1. The molecule has 4 heterocycles. The Bertz CT molecular complexity index is 1100. The zero-order valence-corrected chi connectivity index (χ0v) is 23.6. The molecule has 0 radical (unpaired) electrons. The maximum Gasteiger partial charge on any atom is 0.248 e. The smallest absolute Gasteiger partial charge is 0.248 e. The van der Waals surface area contributed by atoms with Crippen LogP contribution in [0.25, 0.3) is 0 Å². The highest BCUT2D eigenvalue weighted by molar-refractivity contribution is 7.99.